The molecule has 0 radical (unpaired) electrons. The third-order valence-corrected chi connectivity index (χ3v) is 4.74. The molecule has 7 heteroatoms. The van der Waals surface area contributed by atoms with E-state index < -0.39 is 0 Å². The Bertz CT molecular complexity index is 977. The predicted octanol–water partition coefficient (Wildman–Crippen LogP) is 4.50. The summed E-state index contributed by atoms with van der Waals surface area (Å²) in [5, 5.41) is 0. The summed E-state index contributed by atoms with van der Waals surface area (Å²) < 4.78 is 14.0. The molecule has 0 N–H and O–H groups in total. The first-order valence-electron chi connectivity index (χ1n) is 8.68. The molecule has 3 atom stereocenters. The van der Waals surface area contributed by atoms with Gasteiger partial charge >= 0.3 is 0 Å². The molecule has 26 heavy (non-hydrogen) atoms. The van der Waals surface area contributed by atoms with Gasteiger partial charge in [-0.15, -0.1) is 0 Å². The topological polar surface area (TPSA) is 66.4 Å². The van der Waals surface area contributed by atoms with Crippen molar-refractivity contribution in [1.29, 1.82) is 0 Å². The molecule has 3 heterocycles. The zero-order chi connectivity index (χ0) is 18.1. The van der Waals surface area contributed by atoms with Gasteiger partial charge in [-0.05, 0) is 30.9 Å². The van der Waals surface area contributed by atoms with E-state index in [0.717, 1.165) is 12.8 Å². The van der Waals surface area contributed by atoms with Gasteiger partial charge in [0.15, 0.2) is 16.9 Å². The molecule has 7 nitrogen and oxygen atoms in total. The first kappa shape index (κ1) is 16.5. The van der Waals surface area contributed by atoms with Crippen LogP contribution in [0.5, 0.6) is 11.6 Å². The molecule has 1 aromatic carbocycles. The van der Waals surface area contributed by atoms with Crippen molar-refractivity contribution in [3.8, 4) is 11.6 Å². The fourth-order valence-corrected chi connectivity index (χ4v) is 3.38. The van der Waals surface area contributed by atoms with Gasteiger partial charge in [-0.25, -0.2) is 14.8 Å². The fourth-order valence-electron chi connectivity index (χ4n) is 3.38. The highest BCUT2D eigenvalue weighted by atomic mass is 16.5. The highest BCUT2D eigenvalue weighted by molar-refractivity contribution is 5.76. The standard InChI is InChI=1S/C19H19N5O2/c1-4-15-12(2)8-16(26-15)24-11-23-17-18(24)21-10-22-19(17)25-14-7-5-6-13(9-14)20-3/h5-7,9-12,15-16H,4,8H2,1-2H3/t12-,15-,16-/m1/s1. The van der Waals surface area contributed by atoms with E-state index in [1.165, 1.54) is 6.33 Å². The third kappa shape index (κ3) is 2.89. The summed E-state index contributed by atoms with van der Waals surface area (Å²) in [6, 6.07) is 6.96. The number of ether oxygens (including phenoxy) is 2. The Labute approximate surface area is 151 Å². The second-order valence-corrected chi connectivity index (χ2v) is 6.46. The molecule has 1 aliphatic heterocycles. The van der Waals surface area contributed by atoms with Crippen molar-refractivity contribution in [3.05, 3.63) is 48.3 Å². The van der Waals surface area contributed by atoms with Crippen LogP contribution in [0, 0.1) is 12.5 Å². The van der Waals surface area contributed by atoms with E-state index >= 15 is 0 Å². The summed E-state index contributed by atoms with van der Waals surface area (Å²) in [6.45, 7) is 11.5. The van der Waals surface area contributed by atoms with Crippen LogP contribution in [-0.2, 0) is 4.74 Å². The van der Waals surface area contributed by atoms with Crippen LogP contribution in [0.3, 0.4) is 0 Å². The lowest BCUT2D eigenvalue weighted by Gasteiger charge is -2.14. The minimum absolute atomic E-state index is 0.0758. The van der Waals surface area contributed by atoms with Gasteiger partial charge in [0.25, 0.3) is 5.88 Å². The monoisotopic (exact) mass is 349 g/mol. The predicted molar refractivity (Wildman–Crippen MR) is 96.1 cm³/mol. The van der Waals surface area contributed by atoms with Gasteiger partial charge < -0.3 is 9.47 Å². The van der Waals surface area contributed by atoms with E-state index in [-0.39, 0.29) is 12.3 Å². The SMILES string of the molecule is [C-]#[N+]c1cccc(Oc2ncnc3c2ncn3[C@H]2C[C@@H](C)[C@@H](CC)O2)c1. The van der Waals surface area contributed by atoms with Gasteiger partial charge in [-0.3, -0.25) is 4.57 Å². The maximum atomic E-state index is 7.11. The minimum atomic E-state index is -0.0758. The Morgan fingerprint density at radius 1 is 1.35 bits per heavy atom. The van der Waals surface area contributed by atoms with Crippen LogP contribution in [0.2, 0.25) is 0 Å². The Kier molecular flexibility index (Phi) is 4.27. The summed E-state index contributed by atoms with van der Waals surface area (Å²) >= 11 is 0. The molecular weight excluding hydrogens is 330 g/mol. The average Bonchev–Trinajstić information content (AvgIpc) is 3.25. The van der Waals surface area contributed by atoms with Crippen LogP contribution in [0.15, 0.2) is 36.9 Å². The lowest BCUT2D eigenvalue weighted by molar-refractivity contribution is -0.00304. The summed E-state index contributed by atoms with van der Waals surface area (Å²) in [6.07, 6.45) is 5.29. The van der Waals surface area contributed by atoms with Crippen molar-refractivity contribution in [2.24, 2.45) is 5.92 Å². The minimum Gasteiger partial charge on any atom is -0.438 e. The van der Waals surface area contributed by atoms with E-state index in [0.29, 0.717) is 34.4 Å². The molecular formula is C19H19N5O2. The largest absolute Gasteiger partial charge is 0.438 e. The second-order valence-electron chi connectivity index (χ2n) is 6.46. The van der Waals surface area contributed by atoms with E-state index in [1.807, 2.05) is 4.57 Å². The van der Waals surface area contributed by atoms with Gasteiger partial charge in [0.2, 0.25) is 0 Å². The lowest BCUT2D eigenvalue weighted by Crippen LogP contribution is -2.12. The number of hydrogen-bond acceptors (Lipinski definition) is 5. The fraction of sp³-hybridized carbons (Fsp3) is 0.368. The van der Waals surface area contributed by atoms with Gasteiger partial charge in [0.05, 0.1) is 19.0 Å². The summed E-state index contributed by atoms with van der Waals surface area (Å²) in [5.74, 6) is 1.41. The van der Waals surface area contributed by atoms with E-state index in [4.69, 9.17) is 16.0 Å². The van der Waals surface area contributed by atoms with Crippen molar-refractivity contribution in [3.63, 3.8) is 0 Å². The first-order valence-corrected chi connectivity index (χ1v) is 8.68. The summed E-state index contributed by atoms with van der Waals surface area (Å²) in [5.41, 5.74) is 1.78. The maximum Gasteiger partial charge on any atom is 0.250 e. The van der Waals surface area contributed by atoms with Gasteiger partial charge in [0, 0.05) is 0 Å². The molecule has 0 spiro atoms. The van der Waals surface area contributed by atoms with Gasteiger partial charge in [-0.2, -0.15) is 4.98 Å². The van der Waals surface area contributed by atoms with Crippen LogP contribution in [0.1, 0.15) is 32.9 Å². The molecule has 0 aliphatic carbocycles. The number of rotatable bonds is 4. The molecule has 132 valence electrons. The molecule has 4 rings (SSSR count). The number of fused-ring (bicyclic) bond motifs is 1. The Morgan fingerprint density at radius 3 is 3.00 bits per heavy atom. The molecule has 1 saturated heterocycles. The number of benzene rings is 1. The van der Waals surface area contributed by atoms with Crippen LogP contribution in [0.4, 0.5) is 5.69 Å². The van der Waals surface area contributed by atoms with Crippen LogP contribution in [0.25, 0.3) is 16.0 Å². The molecule has 0 amide bonds. The molecule has 0 saturated carbocycles. The number of nitrogens with zero attached hydrogens (tertiary/aromatic N) is 5. The number of aromatic nitrogens is 4. The van der Waals surface area contributed by atoms with Crippen molar-refractivity contribution < 1.29 is 9.47 Å². The Balaban J connectivity index is 1.66. The Morgan fingerprint density at radius 2 is 2.23 bits per heavy atom. The van der Waals surface area contributed by atoms with E-state index in [1.54, 1.807) is 30.6 Å². The molecule has 3 aromatic rings. The first-order chi connectivity index (χ1) is 12.7. The average molecular weight is 349 g/mol. The van der Waals surface area contributed by atoms with Crippen molar-refractivity contribution in [2.45, 2.75) is 39.0 Å². The second kappa shape index (κ2) is 6.73. The van der Waals surface area contributed by atoms with Crippen LogP contribution in [-0.4, -0.2) is 25.6 Å². The van der Waals surface area contributed by atoms with Crippen LogP contribution >= 0.6 is 0 Å². The Hall–Kier alpha value is -2.98. The summed E-state index contributed by atoms with van der Waals surface area (Å²) in [4.78, 5) is 16.5. The summed E-state index contributed by atoms with van der Waals surface area (Å²) in [7, 11) is 0. The highest BCUT2D eigenvalue weighted by Gasteiger charge is 2.33. The molecule has 2 aromatic heterocycles. The molecule has 0 unspecified atom stereocenters. The normalized spacial score (nSPS) is 22.4. The van der Waals surface area contributed by atoms with E-state index in [2.05, 4.69) is 33.6 Å². The molecule has 1 aliphatic rings. The maximum absolute atomic E-state index is 7.11. The third-order valence-electron chi connectivity index (χ3n) is 4.74. The number of imidazole rings is 1. The number of hydrogen-bond donors (Lipinski definition) is 0. The van der Waals surface area contributed by atoms with Crippen molar-refractivity contribution in [2.75, 3.05) is 0 Å². The van der Waals surface area contributed by atoms with E-state index in [9.17, 15) is 0 Å². The quantitative estimate of drug-likeness (QED) is 0.649. The lowest BCUT2D eigenvalue weighted by atomic mass is 10.0. The molecule has 0 bridgehead atoms. The van der Waals surface area contributed by atoms with Crippen LogP contribution < -0.4 is 4.74 Å². The van der Waals surface area contributed by atoms with Crippen molar-refractivity contribution in [1.82, 2.24) is 19.5 Å². The molecule has 1 fully saturated rings. The zero-order valence-corrected chi connectivity index (χ0v) is 14.7. The zero-order valence-electron chi connectivity index (χ0n) is 14.7. The van der Waals surface area contributed by atoms with Gasteiger partial charge in [0.1, 0.15) is 18.3 Å². The van der Waals surface area contributed by atoms with Crippen molar-refractivity contribution >= 4 is 16.9 Å². The van der Waals surface area contributed by atoms with Gasteiger partial charge in [-0.1, -0.05) is 26.0 Å². The smallest absolute Gasteiger partial charge is 0.250 e. The highest BCUT2D eigenvalue weighted by Crippen LogP contribution is 2.37.